The smallest absolute Gasteiger partial charge is 0.243 e. The summed E-state index contributed by atoms with van der Waals surface area (Å²) in [6, 6.07) is 5.41. The van der Waals surface area contributed by atoms with Crippen LogP contribution in [0.2, 0.25) is 0 Å². The number of hydrogen-bond acceptors (Lipinski definition) is 5. The molecule has 2 aromatic rings. The molecule has 1 aliphatic rings. The Bertz CT molecular complexity index is 891. The summed E-state index contributed by atoms with van der Waals surface area (Å²) in [6.07, 6.45) is 1.49. The molecule has 0 amide bonds. The van der Waals surface area contributed by atoms with Gasteiger partial charge in [-0.25, -0.2) is 8.42 Å². The van der Waals surface area contributed by atoms with Gasteiger partial charge in [0.15, 0.2) is 0 Å². The molecule has 0 spiro atoms. The molecule has 0 radical (unpaired) electrons. The lowest BCUT2D eigenvalue weighted by atomic mass is 10.2. The lowest BCUT2D eigenvalue weighted by Gasteiger charge is -2.23. The van der Waals surface area contributed by atoms with Crippen LogP contribution in [0, 0.1) is 13.8 Å². The van der Waals surface area contributed by atoms with Crippen molar-refractivity contribution in [2.75, 3.05) is 26.2 Å². The number of aryl methyl sites for hydroxylation is 3. The van der Waals surface area contributed by atoms with Gasteiger partial charge in [0.05, 0.1) is 10.6 Å². The van der Waals surface area contributed by atoms with Crippen molar-refractivity contribution in [2.24, 2.45) is 0 Å². The zero-order valence-corrected chi connectivity index (χ0v) is 18.4. The highest BCUT2D eigenvalue weighted by atomic mass is 79.9. The fourth-order valence-electron chi connectivity index (χ4n) is 3.51. The fourth-order valence-corrected chi connectivity index (χ4v) is 5.66. The van der Waals surface area contributed by atoms with Crippen LogP contribution in [0.1, 0.15) is 35.9 Å². The van der Waals surface area contributed by atoms with E-state index in [1.165, 1.54) is 0 Å². The van der Waals surface area contributed by atoms with E-state index in [1.54, 1.807) is 16.4 Å². The minimum atomic E-state index is -3.49. The van der Waals surface area contributed by atoms with Crippen LogP contribution in [-0.4, -0.2) is 49.0 Å². The summed E-state index contributed by atoms with van der Waals surface area (Å²) in [5, 5.41) is 4.01. The number of sulfonamides is 1. The molecule has 1 aromatic carbocycles. The number of halogens is 1. The molecular formula is C19H26BrN3O3S. The van der Waals surface area contributed by atoms with E-state index in [1.807, 2.05) is 26.8 Å². The molecule has 0 bridgehead atoms. The van der Waals surface area contributed by atoms with E-state index in [4.69, 9.17) is 4.52 Å². The van der Waals surface area contributed by atoms with Gasteiger partial charge in [-0.2, -0.15) is 4.31 Å². The Morgan fingerprint density at radius 3 is 2.63 bits per heavy atom. The first-order valence-electron chi connectivity index (χ1n) is 9.25. The van der Waals surface area contributed by atoms with Crippen LogP contribution in [0.15, 0.2) is 32.1 Å². The third-order valence-corrected chi connectivity index (χ3v) is 7.62. The number of rotatable bonds is 5. The molecule has 1 saturated heterocycles. The number of aromatic nitrogens is 1. The van der Waals surface area contributed by atoms with E-state index in [-0.39, 0.29) is 0 Å². The molecule has 0 unspecified atom stereocenters. The minimum absolute atomic E-state index is 0.423. The van der Waals surface area contributed by atoms with Gasteiger partial charge in [-0.05, 0) is 57.0 Å². The Balaban J connectivity index is 1.75. The summed E-state index contributed by atoms with van der Waals surface area (Å²) in [6.45, 7) is 9.18. The molecule has 148 valence electrons. The molecular weight excluding hydrogens is 430 g/mol. The van der Waals surface area contributed by atoms with Crippen LogP contribution in [0.5, 0.6) is 0 Å². The van der Waals surface area contributed by atoms with E-state index in [9.17, 15) is 8.42 Å². The first-order valence-corrected chi connectivity index (χ1v) is 11.5. The van der Waals surface area contributed by atoms with Gasteiger partial charge < -0.3 is 4.52 Å². The molecule has 1 aliphatic heterocycles. The third kappa shape index (κ3) is 4.45. The lowest BCUT2D eigenvalue weighted by molar-refractivity contribution is 0.276. The number of nitrogens with zero attached hydrogens (tertiary/aromatic N) is 3. The Hall–Kier alpha value is -1.22. The van der Waals surface area contributed by atoms with Crippen LogP contribution in [-0.2, 0) is 23.0 Å². The van der Waals surface area contributed by atoms with Crippen molar-refractivity contribution < 1.29 is 12.9 Å². The second-order valence-electron chi connectivity index (χ2n) is 6.94. The van der Waals surface area contributed by atoms with Crippen molar-refractivity contribution in [3.63, 3.8) is 0 Å². The summed E-state index contributed by atoms with van der Waals surface area (Å²) < 4.78 is 34.2. The van der Waals surface area contributed by atoms with Gasteiger partial charge in [0.25, 0.3) is 0 Å². The molecule has 1 fully saturated rings. The van der Waals surface area contributed by atoms with Gasteiger partial charge in [0, 0.05) is 36.2 Å². The van der Waals surface area contributed by atoms with Gasteiger partial charge in [-0.15, -0.1) is 0 Å². The van der Waals surface area contributed by atoms with Gasteiger partial charge in [0.1, 0.15) is 5.76 Å². The van der Waals surface area contributed by atoms with Crippen LogP contribution in [0.4, 0.5) is 0 Å². The van der Waals surface area contributed by atoms with E-state index in [0.29, 0.717) is 31.0 Å². The predicted octanol–water partition coefficient (Wildman–Crippen LogP) is 3.51. The van der Waals surface area contributed by atoms with Crippen molar-refractivity contribution in [3.05, 3.63) is 45.3 Å². The molecule has 27 heavy (non-hydrogen) atoms. The second kappa shape index (κ2) is 8.43. The average Bonchev–Trinajstić information content (AvgIpc) is 2.84. The fraction of sp³-hybridized carbons (Fsp3) is 0.526. The maximum Gasteiger partial charge on any atom is 0.243 e. The standard InChI is InChI=1S/C19H26BrN3O3S/c1-4-16-12-17(20)6-7-19(16)27(24,25)23-9-5-8-22(10-11-23)13-18-14(2)21-26-15(18)3/h6-7,12H,4-5,8-11,13H2,1-3H3. The van der Waals surface area contributed by atoms with Crippen LogP contribution >= 0.6 is 15.9 Å². The minimum Gasteiger partial charge on any atom is -0.361 e. The Kier molecular flexibility index (Phi) is 6.40. The van der Waals surface area contributed by atoms with Gasteiger partial charge in [-0.3, -0.25) is 4.90 Å². The van der Waals surface area contributed by atoms with Crippen molar-refractivity contribution in [1.82, 2.24) is 14.4 Å². The van der Waals surface area contributed by atoms with Crippen molar-refractivity contribution in [2.45, 2.75) is 45.1 Å². The highest BCUT2D eigenvalue weighted by molar-refractivity contribution is 9.10. The van der Waals surface area contributed by atoms with E-state index >= 15 is 0 Å². The maximum absolute atomic E-state index is 13.2. The molecule has 0 N–H and O–H groups in total. The summed E-state index contributed by atoms with van der Waals surface area (Å²) in [5.74, 6) is 0.837. The number of hydrogen-bond donors (Lipinski definition) is 0. The van der Waals surface area contributed by atoms with Crippen LogP contribution in [0.25, 0.3) is 0 Å². The zero-order chi connectivity index (χ0) is 19.6. The van der Waals surface area contributed by atoms with Gasteiger partial charge in [0.2, 0.25) is 10.0 Å². The topological polar surface area (TPSA) is 66.7 Å². The zero-order valence-electron chi connectivity index (χ0n) is 16.0. The molecule has 0 aliphatic carbocycles. The van der Waals surface area contributed by atoms with E-state index in [0.717, 1.165) is 46.6 Å². The number of benzene rings is 1. The molecule has 3 rings (SSSR count). The molecule has 8 heteroatoms. The average molecular weight is 456 g/mol. The first-order chi connectivity index (χ1) is 12.8. The molecule has 2 heterocycles. The summed E-state index contributed by atoms with van der Waals surface area (Å²) in [4.78, 5) is 2.71. The summed E-state index contributed by atoms with van der Waals surface area (Å²) >= 11 is 3.43. The SMILES string of the molecule is CCc1cc(Br)ccc1S(=O)(=O)N1CCCN(Cc2c(C)noc2C)CC1. The molecule has 0 atom stereocenters. The normalized spacial score (nSPS) is 17.2. The van der Waals surface area contributed by atoms with E-state index < -0.39 is 10.0 Å². The molecule has 0 saturated carbocycles. The monoisotopic (exact) mass is 455 g/mol. The second-order valence-corrected chi connectivity index (χ2v) is 9.76. The Morgan fingerprint density at radius 2 is 1.96 bits per heavy atom. The van der Waals surface area contributed by atoms with Gasteiger partial charge in [-0.1, -0.05) is 28.0 Å². The highest BCUT2D eigenvalue weighted by Gasteiger charge is 2.29. The van der Waals surface area contributed by atoms with E-state index in [2.05, 4.69) is 26.0 Å². The van der Waals surface area contributed by atoms with Crippen molar-refractivity contribution in [3.8, 4) is 0 Å². The summed E-state index contributed by atoms with van der Waals surface area (Å²) in [5.41, 5.74) is 2.86. The van der Waals surface area contributed by atoms with Crippen molar-refractivity contribution in [1.29, 1.82) is 0 Å². The Morgan fingerprint density at radius 1 is 1.19 bits per heavy atom. The maximum atomic E-state index is 13.2. The highest BCUT2D eigenvalue weighted by Crippen LogP contribution is 2.26. The predicted molar refractivity (Wildman–Crippen MR) is 108 cm³/mol. The molecule has 6 nitrogen and oxygen atoms in total. The van der Waals surface area contributed by atoms with Crippen LogP contribution in [0.3, 0.4) is 0 Å². The Labute approximate surface area is 169 Å². The summed E-state index contributed by atoms with van der Waals surface area (Å²) in [7, 11) is -3.49. The van der Waals surface area contributed by atoms with Crippen molar-refractivity contribution >= 4 is 26.0 Å². The molecule has 1 aromatic heterocycles. The quantitative estimate of drug-likeness (QED) is 0.689. The van der Waals surface area contributed by atoms with Crippen LogP contribution < -0.4 is 0 Å². The third-order valence-electron chi connectivity index (χ3n) is 5.13. The first kappa shape index (κ1) is 20.5. The largest absolute Gasteiger partial charge is 0.361 e. The van der Waals surface area contributed by atoms with Gasteiger partial charge >= 0.3 is 0 Å². The lowest BCUT2D eigenvalue weighted by Crippen LogP contribution is -2.35.